The predicted molar refractivity (Wildman–Crippen MR) is 86.9 cm³/mol. The molecule has 0 aliphatic heterocycles. The van der Waals surface area contributed by atoms with E-state index in [9.17, 15) is 9.59 Å². The third-order valence-electron chi connectivity index (χ3n) is 3.05. The number of carbonyl (C=O) groups excluding carboxylic acids is 2. The molecule has 0 saturated carbocycles. The largest absolute Gasteiger partial charge is 0.351 e. The summed E-state index contributed by atoms with van der Waals surface area (Å²) in [6, 6.07) is 13.3. The van der Waals surface area contributed by atoms with Gasteiger partial charge in [0.05, 0.1) is 0 Å². The molecule has 3 amide bonds. The third-order valence-corrected chi connectivity index (χ3v) is 3.29. The Morgan fingerprint density at radius 2 is 1.86 bits per heavy atom. The van der Waals surface area contributed by atoms with Gasteiger partial charge in [-0.3, -0.25) is 4.79 Å². The monoisotopic (exact) mass is 317 g/mol. The fraction of sp³-hybridized carbons (Fsp3) is 0.125. The molecular weight excluding hydrogens is 302 g/mol. The van der Waals surface area contributed by atoms with Gasteiger partial charge in [-0.1, -0.05) is 23.7 Å². The molecule has 2 aromatic carbocycles. The first-order chi connectivity index (χ1) is 10.5. The normalized spacial score (nSPS) is 10.1. The second kappa shape index (κ2) is 6.95. The molecule has 0 saturated heterocycles. The molecule has 0 aliphatic rings. The van der Waals surface area contributed by atoms with Crippen molar-refractivity contribution in [3.63, 3.8) is 0 Å². The lowest BCUT2D eigenvalue weighted by Crippen LogP contribution is -2.26. The number of halogens is 1. The number of hydrogen-bond donors (Lipinski definition) is 2. The van der Waals surface area contributed by atoms with Gasteiger partial charge in [0.2, 0.25) is 0 Å². The van der Waals surface area contributed by atoms with Gasteiger partial charge < -0.3 is 16.0 Å². The van der Waals surface area contributed by atoms with Gasteiger partial charge in [0.25, 0.3) is 5.91 Å². The number of nitrogens with one attached hydrogen (secondary N) is 1. The van der Waals surface area contributed by atoms with Gasteiger partial charge in [-0.15, -0.1) is 0 Å². The topological polar surface area (TPSA) is 75.4 Å². The van der Waals surface area contributed by atoms with Crippen molar-refractivity contribution in [1.82, 2.24) is 4.90 Å². The van der Waals surface area contributed by atoms with Gasteiger partial charge in [0, 0.05) is 29.9 Å². The molecule has 3 N–H and O–H groups in total. The SMILES string of the molecule is CN(Cc1cccc(Cl)c1)C(=O)c1ccc(NC(N)=O)cc1. The zero-order valence-electron chi connectivity index (χ0n) is 12.0. The van der Waals surface area contributed by atoms with Gasteiger partial charge in [-0.05, 0) is 42.0 Å². The average Bonchev–Trinajstić information content (AvgIpc) is 2.46. The Balaban J connectivity index is 2.05. The smallest absolute Gasteiger partial charge is 0.316 e. The van der Waals surface area contributed by atoms with E-state index < -0.39 is 6.03 Å². The van der Waals surface area contributed by atoms with Crippen molar-refractivity contribution in [2.45, 2.75) is 6.54 Å². The molecule has 22 heavy (non-hydrogen) atoms. The number of nitrogens with zero attached hydrogens (tertiary/aromatic N) is 1. The number of primary amides is 1. The molecule has 2 rings (SSSR count). The predicted octanol–water partition coefficient (Wildman–Crippen LogP) is 3.10. The van der Waals surface area contributed by atoms with Crippen LogP contribution in [0.5, 0.6) is 0 Å². The van der Waals surface area contributed by atoms with E-state index in [-0.39, 0.29) is 5.91 Å². The second-order valence-electron chi connectivity index (χ2n) is 4.86. The van der Waals surface area contributed by atoms with Gasteiger partial charge in [0.15, 0.2) is 0 Å². The standard InChI is InChI=1S/C16H16ClN3O2/c1-20(10-11-3-2-4-13(17)9-11)15(21)12-5-7-14(8-6-12)19-16(18)22/h2-9H,10H2,1H3,(H3,18,19,22). The van der Waals surface area contributed by atoms with E-state index in [1.165, 1.54) is 0 Å². The lowest BCUT2D eigenvalue weighted by atomic mass is 10.1. The van der Waals surface area contributed by atoms with E-state index in [0.29, 0.717) is 22.8 Å². The highest BCUT2D eigenvalue weighted by molar-refractivity contribution is 6.30. The van der Waals surface area contributed by atoms with Crippen LogP contribution >= 0.6 is 11.6 Å². The van der Waals surface area contributed by atoms with E-state index in [4.69, 9.17) is 17.3 Å². The molecule has 0 heterocycles. The number of rotatable bonds is 4. The van der Waals surface area contributed by atoms with Crippen LogP contribution in [0.15, 0.2) is 48.5 Å². The summed E-state index contributed by atoms with van der Waals surface area (Å²) in [5, 5.41) is 3.08. The Morgan fingerprint density at radius 1 is 1.18 bits per heavy atom. The van der Waals surface area contributed by atoms with Gasteiger partial charge >= 0.3 is 6.03 Å². The van der Waals surface area contributed by atoms with Crippen LogP contribution in [-0.2, 0) is 6.54 Å². The molecule has 2 aromatic rings. The van der Waals surface area contributed by atoms with Crippen molar-refractivity contribution < 1.29 is 9.59 Å². The minimum Gasteiger partial charge on any atom is -0.351 e. The van der Waals surface area contributed by atoms with E-state index >= 15 is 0 Å². The summed E-state index contributed by atoms with van der Waals surface area (Å²) >= 11 is 5.94. The number of nitrogens with two attached hydrogens (primary N) is 1. The van der Waals surface area contributed by atoms with Crippen molar-refractivity contribution in [2.24, 2.45) is 5.73 Å². The number of benzene rings is 2. The lowest BCUT2D eigenvalue weighted by Gasteiger charge is -2.17. The van der Waals surface area contributed by atoms with Crippen molar-refractivity contribution in [3.8, 4) is 0 Å². The summed E-state index contributed by atoms with van der Waals surface area (Å²) in [6.07, 6.45) is 0. The zero-order chi connectivity index (χ0) is 16.1. The van der Waals surface area contributed by atoms with Crippen molar-refractivity contribution in [1.29, 1.82) is 0 Å². The molecule has 0 aromatic heterocycles. The van der Waals surface area contributed by atoms with Crippen LogP contribution < -0.4 is 11.1 Å². The van der Waals surface area contributed by atoms with Gasteiger partial charge in [-0.25, -0.2) is 4.79 Å². The molecule has 0 spiro atoms. The summed E-state index contributed by atoms with van der Waals surface area (Å²) in [5.41, 5.74) is 7.06. The lowest BCUT2D eigenvalue weighted by molar-refractivity contribution is 0.0785. The molecule has 5 nitrogen and oxygen atoms in total. The van der Waals surface area contributed by atoms with Crippen LogP contribution in [0.2, 0.25) is 5.02 Å². The highest BCUT2D eigenvalue weighted by Crippen LogP contribution is 2.15. The van der Waals surface area contributed by atoms with Crippen LogP contribution in [-0.4, -0.2) is 23.9 Å². The Morgan fingerprint density at radius 3 is 2.45 bits per heavy atom. The Hall–Kier alpha value is -2.53. The molecule has 0 radical (unpaired) electrons. The molecular formula is C16H16ClN3O2. The summed E-state index contributed by atoms with van der Waals surface area (Å²) in [5.74, 6) is -0.120. The summed E-state index contributed by atoms with van der Waals surface area (Å²) < 4.78 is 0. The zero-order valence-corrected chi connectivity index (χ0v) is 12.8. The minimum atomic E-state index is -0.642. The van der Waals surface area contributed by atoms with Crippen LogP contribution in [0, 0.1) is 0 Å². The number of amides is 3. The highest BCUT2D eigenvalue weighted by Gasteiger charge is 2.12. The molecule has 0 atom stereocenters. The van der Waals surface area contributed by atoms with E-state index in [1.54, 1.807) is 42.3 Å². The number of carbonyl (C=O) groups is 2. The van der Waals surface area contributed by atoms with Gasteiger partial charge in [-0.2, -0.15) is 0 Å². The van der Waals surface area contributed by atoms with Crippen LogP contribution in [0.1, 0.15) is 15.9 Å². The van der Waals surface area contributed by atoms with Crippen molar-refractivity contribution >= 4 is 29.2 Å². The molecule has 6 heteroatoms. The van der Waals surface area contributed by atoms with Gasteiger partial charge in [0.1, 0.15) is 0 Å². The van der Waals surface area contributed by atoms with Crippen LogP contribution in [0.3, 0.4) is 0 Å². The fourth-order valence-electron chi connectivity index (χ4n) is 2.04. The van der Waals surface area contributed by atoms with E-state index in [2.05, 4.69) is 5.32 Å². The minimum absolute atomic E-state index is 0.120. The first-order valence-electron chi connectivity index (χ1n) is 6.62. The van der Waals surface area contributed by atoms with E-state index in [1.807, 2.05) is 18.2 Å². The van der Waals surface area contributed by atoms with Crippen LogP contribution in [0.4, 0.5) is 10.5 Å². The maximum absolute atomic E-state index is 12.3. The van der Waals surface area contributed by atoms with E-state index in [0.717, 1.165) is 5.56 Å². The number of urea groups is 1. The molecule has 0 bridgehead atoms. The summed E-state index contributed by atoms with van der Waals surface area (Å²) in [7, 11) is 1.72. The Labute approximate surface area is 133 Å². The fourth-order valence-corrected chi connectivity index (χ4v) is 2.25. The quantitative estimate of drug-likeness (QED) is 0.909. The maximum atomic E-state index is 12.3. The number of anilines is 1. The summed E-state index contributed by atoms with van der Waals surface area (Å²) in [6.45, 7) is 0.459. The Bertz CT molecular complexity index is 686. The molecule has 0 aliphatic carbocycles. The van der Waals surface area contributed by atoms with Crippen molar-refractivity contribution in [2.75, 3.05) is 12.4 Å². The molecule has 114 valence electrons. The first-order valence-corrected chi connectivity index (χ1v) is 7.00. The maximum Gasteiger partial charge on any atom is 0.316 e. The number of hydrogen-bond acceptors (Lipinski definition) is 2. The van der Waals surface area contributed by atoms with Crippen LogP contribution in [0.25, 0.3) is 0 Å². The molecule has 0 fully saturated rings. The first kappa shape index (κ1) is 15.9. The second-order valence-corrected chi connectivity index (χ2v) is 5.29. The van der Waals surface area contributed by atoms with Crippen molar-refractivity contribution in [3.05, 3.63) is 64.7 Å². The highest BCUT2D eigenvalue weighted by atomic mass is 35.5. The molecule has 0 unspecified atom stereocenters. The Kier molecular flexibility index (Phi) is 5.01. The summed E-state index contributed by atoms with van der Waals surface area (Å²) in [4.78, 5) is 24.7. The third kappa shape index (κ3) is 4.23. The average molecular weight is 318 g/mol.